The van der Waals surface area contributed by atoms with Crippen molar-refractivity contribution < 1.29 is 18.0 Å². The van der Waals surface area contributed by atoms with Gasteiger partial charge in [-0.3, -0.25) is 9.59 Å². The summed E-state index contributed by atoms with van der Waals surface area (Å²) in [5.74, 6) is -0.533. The molecule has 2 aromatic carbocycles. The molecule has 1 saturated carbocycles. The van der Waals surface area contributed by atoms with Crippen molar-refractivity contribution in [1.82, 2.24) is 4.72 Å². The molecule has 2 aromatic rings. The van der Waals surface area contributed by atoms with E-state index in [4.69, 9.17) is 0 Å². The second kappa shape index (κ2) is 8.37. The Hall–Kier alpha value is -2.97. The third-order valence-corrected chi connectivity index (χ3v) is 5.49. The van der Waals surface area contributed by atoms with E-state index < -0.39 is 10.0 Å². The van der Waals surface area contributed by atoms with Gasteiger partial charge in [-0.25, -0.2) is 13.1 Å². The molecule has 1 aliphatic rings. The van der Waals surface area contributed by atoms with Crippen molar-refractivity contribution in [1.29, 1.82) is 0 Å². The molecule has 0 heterocycles. The molecule has 1 aliphatic carbocycles. The van der Waals surface area contributed by atoms with Gasteiger partial charge in [0.2, 0.25) is 21.8 Å². The maximum atomic E-state index is 12.3. The van der Waals surface area contributed by atoms with Crippen LogP contribution in [0.3, 0.4) is 0 Å². The average Bonchev–Trinajstić information content (AvgIpc) is 3.44. The van der Waals surface area contributed by atoms with Crippen LogP contribution in [-0.2, 0) is 19.6 Å². The zero-order valence-electron chi connectivity index (χ0n) is 15.3. The van der Waals surface area contributed by atoms with Crippen LogP contribution in [0.5, 0.6) is 0 Å². The van der Waals surface area contributed by atoms with Crippen LogP contribution in [0.4, 0.5) is 11.4 Å². The van der Waals surface area contributed by atoms with Gasteiger partial charge in [0.25, 0.3) is 0 Å². The minimum atomic E-state index is -3.57. The monoisotopic (exact) mass is 399 g/mol. The Morgan fingerprint density at radius 2 is 1.71 bits per heavy atom. The minimum Gasteiger partial charge on any atom is -0.326 e. The summed E-state index contributed by atoms with van der Waals surface area (Å²) in [7, 11) is -3.57. The minimum absolute atomic E-state index is 0.0169. The topological polar surface area (TPSA) is 104 Å². The standard InChI is InChI=1S/C20H21N3O4S/c1-14(24)21-16-8-5-15(6-9-16)7-12-20(25)22-18-3-2-4-19(13-18)28(26,27)23-17-10-11-17/h2-9,12-13,17,23H,10-11H2,1H3,(H,21,24)(H,22,25)/b12-7+. The largest absolute Gasteiger partial charge is 0.326 e. The van der Waals surface area contributed by atoms with Crippen LogP contribution in [0.1, 0.15) is 25.3 Å². The number of anilines is 2. The zero-order chi connectivity index (χ0) is 20.1. The highest BCUT2D eigenvalue weighted by Crippen LogP contribution is 2.23. The molecule has 0 bridgehead atoms. The van der Waals surface area contributed by atoms with Crippen molar-refractivity contribution in [3.63, 3.8) is 0 Å². The molecule has 0 spiro atoms. The molecule has 0 atom stereocenters. The highest BCUT2D eigenvalue weighted by atomic mass is 32.2. The number of nitrogens with one attached hydrogen (secondary N) is 3. The maximum Gasteiger partial charge on any atom is 0.248 e. The number of hydrogen-bond donors (Lipinski definition) is 3. The van der Waals surface area contributed by atoms with E-state index >= 15 is 0 Å². The molecule has 1 fully saturated rings. The van der Waals surface area contributed by atoms with E-state index in [9.17, 15) is 18.0 Å². The van der Waals surface area contributed by atoms with Gasteiger partial charge in [0.1, 0.15) is 0 Å². The smallest absolute Gasteiger partial charge is 0.248 e. The molecule has 2 amide bonds. The lowest BCUT2D eigenvalue weighted by Crippen LogP contribution is -2.25. The van der Waals surface area contributed by atoms with E-state index in [1.165, 1.54) is 25.1 Å². The van der Waals surface area contributed by atoms with E-state index in [2.05, 4.69) is 15.4 Å². The summed E-state index contributed by atoms with van der Waals surface area (Å²) in [4.78, 5) is 23.3. The highest BCUT2D eigenvalue weighted by Gasteiger charge is 2.28. The van der Waals surface area contributed by atoms with Gasteiger partial charge in [-0.1, -0.05) is 18.2 Å². The predicted octanol–water partition coefficient (Wildman–Crippen LogP) is 2.74. The molecule has 3 rings (SSSR count). The lowest BCUT2D eigenvalue weighted by atomic mass is 10.2. The Bertz CT molecular complexity index is 1010. The Balaban J connectivity index is 1.62. The SMILES string of the molecule is CC(=O)Nc1ccc(/C=C/C(=O)Nc2cccc(S(=O)(=O)NC3CC3)c2)cc1. The summed E-state index contributed by atoms with van der Waals surface area (Å²) in [6.45, 7) is 1.43. The van der Waals surface area contributed by atoms with Crippen LogP contribution >= 0.6 is 0 Å². The first-order chi connectivity index (χ1) is 13.3. The van der Waals surface area contributed by atoms with Gasteiger partial charge in [0.15, 0.2) is 0 Å². The molecule has 146 valence electrons. The van der Waals surface area contributed by atoms with Crippen molar-refractivity contribution in [2.24, 2.45) is 0 Å². The number of carbonyl (C=O) groups is 2. The normalized spacial score (nSPS) is 14.0. The molecule has 0 saturated heterocycles. The molecule has 0 aromatic heterocycles. The lowest BCUT2D eigenvalue weighted by Gasteiger charge is -2.08. The van der Waals surface area contributed by atoms with E-state index in [1.54, 1.807) is 42.5 Å². The van der Waals surface area contributed by atoms with Crippen LogP contribution in [0.15, 0.2) is 59.5 Å². The van der Waals surface area contributed by atoms with E-state index in [0.717, 1.165) is 18.4 Å². The fourth-order valence-electron chi connectivity index (χ4n) is 2.47. The van der Waals surface area contributed by atoms with E-state index in [-0.39, 0.29) is 22.8 Å². The molecule has 3 N–H and O–H groups in total. The Morgan fingerprint density at radius 1 is 1.00 bits per heavy atom. The molecule has 8 heteroatoms. The third kappa shape index (κ3) is 5.77. The van der Waals surface area contributed by atoms with Gasteiger partial charge >= 0.3 is 0 Å². The van der Waals surface area contributed by atoms with E-state index in [0.29, 0.717) is 11.4 Å². The van der Waals surface area contributed by atoms with Gasteiger partial charge < -0.3 is 10.6 Å². The number of amides is 2. The molecular formula is C20H21N3O4S. The Morgan fingerprint density at radius 3 is 2.36 bits per heavy atom. The number of rotatable bonds is 7. The summed E-state index contributed by atoms with van der Waals surface area (Å²) in [5.41, 5.74) is 1.86. The molecule has 28 heavy (non-hydrogen) atoms. The first-order valence-corrected chi connectivity index (χ1v) is 10.3. The summed E-state index contributed by atoms with van der Waals surface area (Å²) < 4.78 is 27.1. The van der Waals surface area contributed by atoms with Gasteiger partial charge in [0, 0.05) is 30.4 Å². The first kappa shape index (κ1) is 19.8. The van der Waals surface area contributed by atoms with Gasteiger partial charge in [-0.15, -0.1) is 0 Å². The van der Waals surface area contributed by atoms with Crippen LogP contribution < -0.4 is 15.4 Å². The molecule has 0 aliphatic heterocycles. The summed E-state index contributed by atoms with van der Waals surface area (Å²) in [5, 5.41) is 5.32. The second-order valence-corrected chi connectivity index (χ2v) is 8.26. The van der Waals surface area contributed by atoms with Crippen molar-refractivity contribution >= 4 is 39.3 Å². The lowest BCUT2D eigenvalue weighted by molar-refractivity contribution is -0.114. The number of sulfonamides is 1. The van der Waals surface area contributed by atoms with Crippen LogP contribution in [0, 0.1) is 0 Å². The van der Waals surface area contributed by atoms with Crippen molar-refractivity contribution in [2.75, 3.05) is 10.6 Å². The second-order valence-electron chi connectivity index (χ2n) is 6.55. The molecule has 0 unspecified atom stereocenters. The fraction of sp³-hybridized carbons (Fsp3) is 0.200. The first-order valence-electron chi connectivity index (χ1n) is 8.81. The molecule has 7 nitrogen and oxygen atoms in total. The number of benzene rings is 2. The third-order valence-electron chi connectivity index (χ3n) is 3.97. The Kier molecular flexibility index (Phi) is 5.91. The van der Waals surface area contributed by atoms with Crippen molar-refractivity contribution in [2.45, 2.75) is 30.7 Å². The summed E-state index contributed by atoms with van der Waals surface area (Å²) in [6, 6.07) is 13.2. The zero-order valence-corrected chi connectivity index (χ0v) is 16.1. The highest BCUT2D eigenvalue weighted by molar-refractivity contribution is 7.89. The van der Waals surface area contributed by atoms with Crippen LogP contribution in [0.2, 0.25) is 0 Å². The average molecular weight is 399 g/mol. The van der Waals surface area contributed by atoms with Crippen molar-refractivity contribution in [3.05, 3.63) is 60.2 Å². The summed E-state index contributed by atoms with van der Waals surface area (Å²) in [6.07, 6.45) is 4.69. The predicted molar refractivity (Wildman–Crippen MR) is 108 cm³/mol. The quantitative estimate of drug-likeness (QED) is 0.623. The van der Waals surface area contributed by atoms with Crippen LogP contribution in [0.25, 0.3) is 6.08 Å². The van der Waals surface area contributed by atoms with Crippen molar-refractivity contribution in [3.8, 4) is 0 Å². The number of hydrogen-bond acceptors (Lipinski definition) is 4. The molecule has 0 radical (unpaired) electrons. The summed E-state index contributed by atoms with van der Waals surface area (Å²) >= 11 is 0. The van der Waals surface area contributed by atoms with Gasteiger partial charge in [-0.2, -0.15) is 0 Å². The number of carbonyl (C=O) groups excluding carboxylic acids is 2. The fourth-order valence-corrected chi connectivity index (χ4v) is 3.82. The van der Waals surface area contributed by atoms with Crippen LogP contribution in [-0.4, -0.2) is 26.3 Å². The Labute approximate surface area is 163 Å². The van der Waals surface area contributed by atoms with Gasteiger partial charge in [0.05, 0.1) is 4.90 Å². The van der Waals surface area contributed by atoms with Gasteiger partial charge in [-0.05, 0) is 54.8 Å². The molecular weight excluding hydrogens is 378 g/mol. The van der Waals surface area contributed by atoms with E-state index in [1.807, 2.05) is 0 Å². The maximum absolute atomic E-state index is 12.3.